The average Bonchev–Trinajstić information content (AvgIpc) is 2.51. The van der Waals surface area contributed by atoms with Crippen LogP contribution in [-0.2, 0) is 6.42 Å². The van der Waals surface area contributed by atoms with Crippen LogP contribution in [0.25, 0.3) is 0 Å². The van der Waals surface area contributed by atoms with Crippen molar-refractivity contribution in [2.24, 2.45) is 4.99 Å². The van der Waals surface area contributed by atoms with Crippen molar-refractivity contribution in [3.63, 3.8) is 0 Å². The SMILES string of the molecule is C[NH+](C)[C@H](CN=Cc1cc(Cl)cc(Cl)c1O)Cc1ccccc1. The first-order valence-electron chi connectivity index (χ1n) is 7.49. The van der Waals surface area contributed by atoms with Crippen molar-refractivity contribution >= 4 is 29.4 Å². The molecule has 0 unspecified atom stereocenters. The molecule has 0 aliphatic rings. The third kappa shape index (κ3) is 5.24. The molecule has 0 amide bonds. The number of phenolic OH excluding ortho intramolecular Hbond substituents is 1. The number of halogens is 2. The lowest BCUT2D eigenvalue weighted by molar-refractivity contribution is -0.883. The summed E-state index contributed by atoms with van der Waals surface area (Å²) in [5.41, 5.74) is 1.83. The summed E-state index contributed by atoms with van der Waals surface area (Å²) in [6, 6.07) is 13.9. The van der Waals surface area contributed by atoms with Gasteiger partial charge in [0.1, 0.15) is 11.8 Å². The Kier molecular flexibility index (Phi) is 6.46. The summed E-state index contributed by atoms with van der Waals surface area (Å²) in [5.74, 6) is 0.0108. The highest BCUT2D eigenvalue weighted by Crippen LogP contribution is 2.29. The Morgan fingerprint density at radius 2 is 1.87 bits per heavy atom. The third-order valence-electron chi connectivity index (χ3n) is 3.76. The van der Waals surface area contributed by atoms with E-state index in [1.165, 1.54) is 16.5 Å². The fourth-order valence-electron chi connectivity index (χ4n) is 2.31. The molecule has 2 N–H and O–H groups in total. The van der Waals surface area contributed by atoms with Gasteiger partial charge in [-0.25, -0.2) is 0 Å². The molecule has 1 atom stereocenters. The van der Waals surface area contributed by atoms with Gasteiger partial charge in [-0.1, -0.05) is 53.5 Å². The highest BCUT2D eigenvalue weighted by Gasteiger charge is 2.15. The highest BCUT2D eigenvalue weighted by molar-refractivity contribution is 6.36. The van der Waals surface area contributed by atoms with Crippen molar-refractivity contribution in [2.45, 2.75) is 12.5 Å². The van der Waals surface area contributed by atoms with Crippen LogP contribution >= 0.6 is 23.2 Å². The largest absolute Gasteiger partial charge is 0.506 e. The summed E-state index contributed by atoms with van der Waals surface area (Å²) < 4.78 is 0. The Balaban J connectivity index is 2.07. The lowest BCUT2D eigenvalue weighted by atomic mass is 10.1. The van der Waals surface area contributed by atoms with Crippen molar-refractivity contribution in [3.8, 4) is 5.75 Å². The fraction of sp³-hybridized carbons (Fsp3) is 0.278. The molecule has 0 heterocycles. The minimum Gasteiger partial charge on any atom is -0.506 e. The minimum atomic E-state index is 0.0108. The molecular formula is C18H21Cl2N2O+. The van der Waals surface area contributed by atoms with E-state index in [1.54, 1.807) is 12.3 Å². The maximum atomic E-state index is 9.94. The average molecular weight is 352 g/mol. The first kappa shape index (κ1) is 17.8. The van der Waals surface area contributed by atoms with Crippen LogP contribution in [0.1, 0.15) is 11.1 Å². The van der Waals surface area contributed by atoms with E-state index in [9.17, 15) is 5.11 Å². The summed E-state index contributed by atoms with van der Waals surface area (Å²) in [4.78, 5) is 5.81. The molecule has 5 heteroatoms. The maximum absolute atomic E-state index is 9.94. The number of phenols is 1. The summed E-state index contributed by atoms with van der Waals surface area (Å²) in [7, 11) is 4.24. The van der Waals surface area contributed by atoms with Gasteiger partial charge in [0.2, 0.25) is 0 Å². The van der Waals surface area contributed by atoms with E-state index in [2.05, 4.69) is 31.2 Å². The summed E-state index contributed by atoms with van der Waals surface area (Å²) in [6.07, 6.45) is 2.58. The van der Waals surface area contributed by atoms with Crippen LogP contribution in [0.5, 0.6) is 5.75 Å². The number of nitrogens with one attached hydrogen (secondary N) is 1. The molecule has 2 rings (SSSR count). The summed E-state index contributed by atoms with van der Waals surface area (Å²) >= 11 is 11.9. The lowest BCUT2D eigenvalue weighted by Gasteiger charge is -2.19. The predicted octanol–water partition coefficient (Wildman–Crippen LogP) is 2.87. The van der Waals surface area contributed by atoms with Crippen LogP contribution in [0.15, 0.2) is 47.5 Å². The quantitative estimate of drug-likeness (QED) is 0.771. The summed E-state index contributed by atoms with van der Waals surface area (Å²) in [6.45, 7) is 0.654. The second-order valence-corrected chi connectivity index (χ2v) is 6.63. The Morgan fingerprint density at radius 1 is 1.17 bits per heavy atom. The zero-order valence-corrected chi connectivity index (χ0v) is 14.8. The molecular weight excluding hydrogens is 331 g/mol. The van der Waals surface area contributed by atoms with Crippen LogP contribution in [-0.4, -0.2) is 38.0 Å². The van der Waals surface area contributed by atoms with E-state index in [0.29, 0.717) is 23.2 Å². The fourth-order valence-corrected chi connectivity index (χ4v) is 2.82. The number of hydrogen-bond donors (Lipinski definition) is 2. The topological polar surface area (TPSA) is 37.0 Å². The van der Waals surface area contributed by atoms with Gasteiger partial charge >= 0.3 is 0 Å². The van der Waals surface area contributed by atoms with Crippen molar-refractivity contribution in [1.82, 2.24) is 0 Å². The van der Waals surface area contributed by atoms with Crippen molar-refractivity contribution in [1.29, 1.82) is 0 Å². The Hall–Kier alpha value is -1.55. The molecule has 2 aromatic carbocycles. The lowest BCUT2D eigenvalue weighted by Crippen LogP contribution is -3.11. The van der Waals surface area contributed by atoms with Gasteiger partial charge in [-0.15, -0.1) is 0 Å². The molecule has 0 saturated heterocycles. The predicted molar refractivity (Wildman–Crippen MR) is 97.3 cm³/mol. The van der Waals surface area contributed by atoms with E-state index >= 15 is 0 Å². The molecule has 0 aromatic heterocycles. The maximum Gasteiger partial charge on any atom is 0.143 e. The number of likely N-dealkylation sites (N-methyl/N-ethyl adjacent to an activating group) is 1. The van der Waals surface area contributed by atoms with Gasteiger partial charge in [-0.3, -0.25) is 4.99 Å². The monoisotopic (exact) mass is 351 g/mol. The molecule has 0 radical (unpaired) electrons. The van der Waals surface area contributed by atoms with Gasteiger partial charge in [-0.05, 0) is 17.7 Å². The molecule has 23 heavy (non-hydrogen) atoms. The van der Waals surface area contributed by atoms with E-state index in [0.717, 1.165) is 6.42 Å². The Labute approximate surface area is 147 Å². The summed E-state index contributed by atoms with van der Waals surface area (Å²) in [5, 5.41) is 10.7. The number of hydrogen-bond acceptors (Lipinski definition) is 2. The molecule has 2 aromatic rings. The van der Waals surface area contributed by atoms with Gasteiger partial charge in [0.05, 0.1) is 25.7 Å². The van der Waals surface area contributed by atoms with Crippen molar-refractivity contribution < 1.29 is 10.0 Å². The van der Waals surface area contributed by atoms with Crippen LogP contribution in [0.2, 0.25) is 10.0 Å². The number of aromatic hydroxyl groups is 1. The molecule has 0 aliphatic carbocycles. The second kappa shape index (κ2) is 8.34. The van der Waals surface area contributed by atoms with Gasteiger partial charge in [0.15, 0.2) is 0 Å². The Bertz CT molecular complexity index is 672. The van der Waals surface area contributed by atoms with E-state index in [-0.39, 0.29) is 10.8 Å². The minimum absolute atomic E-state index is 0.0108. The molecule has 0 bridgehead atoms. The van der Waals surface area contributed by atoms with Gasteiger partial charge in [0, 0.05) is 23.2 Å². The van der Waals surface area contributed by atoms with E-state index in [1.807, 2.05) is 18.2 Å². The molecule has 0 saturated carbocycles. The smallest absolute Gasteiger partial charge is 0.143 e. The third-order valence-corrected chi connectivity index (χ3v) is 4.26. The first-order chi connectivity index (χ1) is 11.0. The second-order valence-electron chi connectivity index (χ2n) is 5.78. The number of nitrogens with zero attached hydrogens (tertiary/aromatic N) is 1. The van der Waals surface area contributed by atoms with Crippen LogP contribution < -0.4 is 4.90 Å². The van der Waals surface area contributed by atoms with Crippen LogP contribution in [0.3, 0.4) is 0 Å². The molecule has 0 spiro atoms. The molecule has 3 nitrogen and oxygen atoms in total. The van der Waals surface area contributed by atoms with Crippen molar-refractivity contribution in [2.75, 3.05) is 20.6 Å². The Morgan fingerprint density at radius 3 is 2.52 bits per heavy atom. The number of aliphatic imine (C=N–C) groups is 1. The van der Waals surface area contributed by atoms with Crippen LogP contribution in [0.4, 0.5) is 0 Å². The molecule has 0 aliphatic heterocycles. The molecule has 122 valence electrons. The number of benzene rings is 2. The normalized spacial score (nSPS) is 12.9. The standard InChI is InChI=1S/C18H20Cl2N2O/c1-22(2)16(8-13-6-4-3-5-7-13)12-21-11-14-9-15(19)10-17(20)18(14)23/h3-7,9-11,16,23H,8,12H2,1-2H3/p+1/t16-/m0/s1. The van der Waals surface area contributed by atoms with Gasteiger partial charge < -0.3 is 10.0 Å². The van der Waals surface area contributed by atoms with Crippen molar-refractivity contribution in [3.05, 3.63) is 63.6 Å². The first-order valence-corrected chi connectivity index (χ1v) is 8.24. The molecule has 0 fully saturated rings. The van der Waals surface area contributed by atoms with E-state index in [4.69, 9.17) is 23.2 Å². The highest BCUT2D eigenvalue weighted by atomic mass is 35.5. The van der Waals surface area contributed by atoms with Crippen LogP contribution in [0, 0.1) is 0 Å². The van der Waals surface area contributed by atoms with E-state index < -0.39 is 0 Å². The zero-order chi connectivity index (χ0) is 16.8. The zero-order valence-electron chi connectivity index (χ0n) is 13.3. The number of rotatable bonds is 6. The van der Waals surface area contributed by atoms with Gasteiger partial charge in [0.25, 0.3) is 0 Å². The van der Waals surface area contributed by atoms with Gasteiger partial charge in [-0.2, -0.15) is 0 Å². The number of quaternary nitrogens is 1.